The van der Waals surface area contributed by atoms with Crippen molar-refractivity contribution in [2.45, 2.75) is 0 Å². The molecule has 126 valence electrons. The SMILES string of the molecule is Oc1c(F)c(F)c(F)c2c(F)c3c(F)c(F)c(F)c(F)c3c(F)c12. The number of benzene rings is 3. The van der Waals surface area contributed by atoms with Crippen molar-refractivity contribution >= 4 is 21.5 Å². The van der Waals surface area contributed by atoms with E-state index in [-0.39, 0.29) is 0 Å². The second-order valence-corrected chi connectivity index (χ2v) is 4.67. The van der Waals surface area contributed by atoms with Gasteiger partial charge in [-0.25, -0.2) is 35.1 Å². The first kappa shape index (κ1) is 16.2. The lowest BCUT2D eigenvalue weighted by Crippen LogP contribution is -2.05. The van der Waals surface area contributed by atoms with Gasteiger partial charge in [0.05, 0.1) is 21.5 Å². The van der Waals surface area contributed by atoms with Gasteiger partial charge in [-0.05, 0) is 0 Å². The highest BCUT2D eigenvalue weighted by atomic mass is 19.2. The molecule has 1 N–H and O–H groups in total. The van der Waals surface area contributed by atoms with Crippen LogP contribution in [0.15, 0.2) is 0 Å². The Labute approximate surface area is 125 Å². The second-order valence-electron chi connectivity index (χ2n) is 4.67. The van der Waals surface area contributed by atoms with Crippen molar-refractivity contribution in [3.8, 4) is 5.75 Å². The highest BCUT2D eigenvalue weighted by Crippen LogP contribution is 2.42. The summed E-state index contributed by atoms with van der Waals surface area (Å²) in [5.41, 5.74) is 0. The summed E-state index contributed by atoms with van der Waals surface area (Å²) in [5, 5.41) is 2.16. The highest BCUT2D eigenvalue weighted by molar-refractivity contribution is 6.03. The van der Waals surface area contributed by atoms with E-state index in [1.807, 2.05) is 0 Å². The van der Waals surface area contributed by atoms with E-state index in [0.717, 1.165) is 0 Å². The largest absolute Gasteiger partial charge is 0.504 e. The first-order valence-corrected chi connectivity index (χ1v) is 5.92. The molecule has 0 heterocycles. The van der Waals surface area contributed by atoms with Crippen LogP contribution in [0.2, 0.25) is 0 Å². The summed E-state index contributed by atoms with van der Waals surface area (Å²) < 4.78 is 123. The maximum absolute atomic E-state index is 14.3. The third-order valence-corrected chi connectivity index (χ3v) is 3.44. The molecular weight excluding hydrogens is 355 g/mol. The summed E-state index contributed by atoms with van der Waals surface area (Å²) >= 11 is 0. The molecule has 0 radical (unpaired) electrons. The molecule has 24 heavy (non-hydrogen) atoms. The smallest absolute Gasteiger partial charge is 0.204 e. The molecule has 0 spiro atoms. The van der Waals surface area contributed by atoms with Crippen LogP contribution in [0.1, 0.15) is 0 Å². The van der Waals surface area contributed by atoms with Crippen molar-refractivity contribution in [2.24, 2.45) is 0 Å². The van der Waals surface area contributed by atoms with E-state index in [4.69, 9.17) is 0 Å². The van der Waals surface area contributed by atoms with Crippen LogP contribution in [0.25, 0.3) is 21.5 Å². The Kier molecular flexibility index (Phi) is 3.32. The lowest BCUT2D eigenvalue weighted by molar-refractivity contribution is 0.391. The fourth-order valence-electron chi connectivity index (χ4n) is 2.36. The minimum Gasteiger partial charge on any atom is -0.504 e. The van der Waals surface area contributed by atoms with Gasteiger partial charge in [0.2, 0.25) is 5.82 Å². The van der Waals surface area contributed by atoms with E-state index in [1.165, 1.54) is 0 Å². The van der Waals surface area contributed by atoms with Crippen molar-refractivity contribution in [2.75, 3.05) is 0 Å². The molecule has 0 unspecified atom stereocenters. The number of hydrogen-bond acceptors (Lipinski definition) is 1. The third kappa shape index (κ3) is 1.73. The van der Waals surface area contributed by atoms with Gasteiger partial charge in [0.1, 0.15) is 11.6 Å². The highest BCUT2D eigenvalue weighted by Gasteiger charge is 2.32. The van der Waals surface area contributed by atoms with Gasteiger partial charge in [-0.3, -0.25) is 0 Å². The zero-order valence-electron chi connectivity index (χ0n) is 10.8. The van der Waals surface area contributed by atoms with Gasteiger partial charge in [-0.2, -0.15) is 4.39 Å². The summed E-state index contributed by atoms with van der Waals surface area (Å²) in [7, 11) is 0. The fraction of sp³-hybridized carbons (Fsp3) is 0. The normalized spacial score (nSPS) is 11.7. The van der Waals surface area contributed by atoms with Crippen molar-refractivity contribution in [1.82, 2.24) is 0 Å². The molecule has 0 atom stereocenters. The summed E-state index contributed by atoms with van der Waals surface area (Å²) in [4.78, 5) is 0. The van der Waals surface area contributed by atoms with Gasteiger partial charge in [0, 0.05) is 0 Å². The first-order valence-electron chi connectivity index (χ1n) is 5.92. The number of phenolic OH excluding ortho intramolecular Hbond substituents is 1. The second kappa shape index (κ2) is 4.92. The molecule has 3 aromatic carbocycles. The topological polar surface area (TPSA) is 20.2 Å². The standard InChI is InChI=1S/C14HF9O/c15-5-1-2(8(18)11(21)10(20)7(1)17)6(16)4-3(5)9(19)12(22)13(23)14(4)24/h24H. The van der Waals surface area contributed by atoms with E-state index in [0.29, 0.717) is 0 Å². The van der Waals surface area contributed by atoms with Crippen molar-refractivity contribution in [3.05, 3.63) is 52.4 Å². The van der Waals surface area contributed by atoms with E-state index in [9.17, 15) is 44.6 Å². The molecule has 0 aromatic heterocycles. The number of aromatic hydroxyl groups is 1. The summed E-state index contributed by atoms with van der Waals surface area (Å²) in [6.07, 6.45) is 0. The Hall–Kier alpha value is -2.65. The molecule has 0 saturated heterocycles. The first-order chi connectivity index (χ1) is 11.1. The Bertz CT molecular complexity index is 894. The van der Waals surface area contributed by atoms with Gasteiger partial charge in [-0.1, -0.05) is 0 Å². The summed E-state index contributed by atoms with van der Waals surface area (Å²) in [6, 6.07) is 0. The number of fused-ring (bicyclic) bond motifs is 2. The van der Waals surface area contributed by atoms with Gasteiger partial charge < -0.3 is 5.11 Å². The van der Waals surface area contributed by atoms with Crippen LogP contribution in [0, 0.1) is 52.4 Å². The van der Waals surface area contributed by atoms with Gasteiger partial charge in [0.15, 0.2) is 40.7 Å². The molecule has 0 aliphatic rings. The van der Waals surface area contributed by atoms with E-state index >= 15 is 0 Å². The fourth-order valence-corrected chi connectivity index (χ4v) is 2.36. The van der Waals surface area contributed by atoms with Crippen LogP contribution >= 0.6 is 0 Å². The minimum atomic E-state index is -2.52. The maximum Gasteiger partial charge on any atom is 0.204 e. The molecule has 0 aliphatic carbocycles. The molecule has 3 rings (SSSR count). The Morgan fingerprint density at radius 3 is 1.04 bits per heavy atom. The summed E-state index contributed by atoms with van der Waals surface area (Å²) in [6.45, 7) is 0. The van der Waals surface area contributed by atoms with Crippen LogP contribution in [0.5, 0.6) is 5.75 Å². The molecule has 3 aromatic rings. The molecule has 1 nitrogen and oxygen atoms in total. The van der Waals surface area contributed by atoms with E-state index in [2.05, 4.69) is 0 Å². The van der Waals surface area contributed by atoms with Crippen LogP contribution in [-0.4, -0.2) is 5.11 Å². The predicted molar refractivity (Wildman–Crippen MR) is 62.7 cm³/mol. The molecule has 0 saturated carbocycles. The zero-order chi connectivity index (χ0) is 18.1. The van der Waals surface area contributed by atoms with Gasteiger partial charge >= 0.3 is 0 Å². The van der Waals surface area contributed by atoms with E-state index in [1.54, 1.807) is 0 Å². The average Bonchev–Trinajstić information content (AvgIpc) is 2.55. The van der Waals surface area contributed by atoms with Gasteiger partial charge in [0.25, 0.3) is 0 Å². The molecular formula is C14HF9O. The van der Waals surface area contributed by atoms with E-state index < -0.39 is 79.6 Å². The number of halogens is 9. The minimum absolute atomic E-state index is 1.69. The molecule has 0 fully saturated rings. The number of hydrogen-bond donors (Lipinski definition) is 1. The van der Waals surface area contributed by atoms with Crippen molar-refractivity contribution in [1.29, 1.82) is 0 Å². The van der Waals surface area contributed by atoms with Crippen LogP contribution in [0.4, 0.5) is 39.5 Å². The van der Waals surface area contributed by atoms with Crippen LogP contribution in [-0.2, 0) is 0 Å². The maximum atomic E-state index is 14.3. The van der Waals surface area contributed by atoms with Crippen molar-refractivity contribution in [3.63, 3.8) is 0 Å². The van der Waals surface area contributed by atoms with Crippen LogP contribution in [0.3, 0.4) is 0 Å². The Morgan fingerprint density at radius 1 is 0.333 bits per heavy atom. The monoisotopic (exact) mass is 356 g/mol. The third-order valence-electron chi connectivity index (χ3n) is 3.44. The average molecular weight is 356 g/mol. The molecule has 0 amide bonds. The van der Waals surface area contributed by atoms with Gasteiger partial charge in [-0.15, -0.1) is 0 Å². The van der Waals surface area contributed by atoms with Crippen LogP contribution < -0.4 is 0 Å². The Balaban J connectivity index is 2.82. The molecule has 0 aliphatic heterocycles. The Morgan fingerprint density at radius 2 is 0.625 bits per heavy atom. The molecule has 0 bridgehead atoms. The number of rotatable bonds is 0. The summed E-state index contributed by atoms with van der Waals surface area (Å²) in [5.74, 6) is -23.4. The predicted octanol–water partition coefficient (Wildman–Crippen LogP) is 4.95. The quantitative estimate of drug-likeness (QED) is 0.262. The number of phenols is 1. The molecule has 10 heteroatoms. The zero-order valence-corrected chi connectivity index (χ0v) is 10.8. The lowest BCUT2D eigenvalue weighted by Gasteiger charge is -2.13. The lowest BCUT2D eigenvalue weighted by atomic mass is 9.99. The van der Waals surface area contributed by atoms with Crippen molar-refractivity contribution < 1.29 is 44.6 Å².